The molecule has 5 heterocycles. The molecule has 86 heavy (non-hydrogen) atoms. The summed E-state index contributed by atoms with van der Waals surface area (Å²) < 4.78 is 52.5. The number of ether oxygens (including phenoxy) is 9. The van der Waals surface area contributed by atoms with Crippen molar-refractivity contribution >= 4 is 29.2 Å². The van der Waals surface area contributed by atoms with Crippen molar-refractivity contribution in [3.8, 4) is 0 Å². The molecule has 1 aliphatic carbocycles. The van der Waals surface area contributed by atoms with Crippen LogP contribution in [0.4, 0.5) is 0 Å². The lowest BCUT2D eigenvalue weighted by molar-refractivity contribution is -0.389. The molecule has 9 N–H and O–H groups in total. The highest BCUT2D eigenvalue weighted by Crippen LogP contribution is 2.40. The maximum absolute atomic E-state index is 14.7. The van der Waals surface area contributed by atoms with Gasteiger partial charge in [0.25, 0.3) is 11.7 Å². The summed E-state index contributed by atoms with van der Waals surface area (Å²) in [5.74, 6) is -9.22. The summed E-state index contributed by atoms with van der Waals surface area (Å²) in [5, 5.41) is 97.5. The number of aliphatic hydroxyl groups is 9. The Morgan fingerprint density at radius 3 is 2.10 bits per heavy atom. The number of nitrogens with zero attached hydrogens (tertiary/aromatic N) is 1. The molecule has 488 valence electrons. The second-order valence-corrected chi connectivity index (χ2v) is 24.9. The molecule has 0 spiro atoms. The second-order valence-electron chi connectivity index (χ2n) is 24.9. The van der Waals surface area contributed by atoms with Gasteiger partial charge in [-0.2, -0.15) is 0 Å². The van der Waals surface area contributed by atoms with Gasteiger partial charge < -0.3 is 93.5 Å². The number of cyclic esters (lactones) is 1. The van der Waals surface area contributed by atoms with Crippen LogP contribution < -0.4 is 0 Å². The summed E-state index contributed by atoms with van der Waals surface area (Å²) in [4.78, 5) is 73.0. The van der Waals surface area contributed by atoms with E-state index >= 15 is 0 Å². The first-order chi connectivity index (χ1) is 40.7. The molecule has 25 atom stereocenters. The van der Waals surface area contributed by atoms with Gasteiger partial charge in [-0.15, -0.1) is 0 Å². The van der Waals surface area contributed by atoms with Gasteiger partial charge in [0, 0.05) is 58.5 Å². The third-order valence-electron chi connectivity index (χ3n) is 18.4. The second kappa shape index (κ2) is 32.3. The van der Waals surface area contributed by atoms with Crippen LogP contribution in [0.25, 0.3) is 0 Å². The number of carbonyl (C=O) groups is 5. The minimum absolute atomic E-state index is 0.00297. The first kappa shape index (κ1) is 71.3. The van der Waals surface area contributed by atoms with Crippen LogP contribution in [0.3, 0.4) is 0 Å². The van der Waals surface area contributed by atoms with Gasteiger partial charge in [0.1, 0.15) is 72.9 Å². The number of esters is 1. The van der Waals surface area contributed by atoms with Crippen molar-refractivity contribution in [2.24, 2.45) is 35.5 Å². The fourth-order valence-corrected chi connectivity index (χ4v) is 12.8. The molecule has 0 aromatic carbocycles. The van der Waals surface area contributed by atoms with Crippen molar-refractivity contribution in [2.75, 3.05) is 34.5 Å². The van der Waals surface area contributed by atoms with Crippen LogP contribution in [0.2, 0.25) is 0 Å². The Morgan fingerprint density at radius 1 is 0.733 bits per heavy atom. The van der Waals surface area contributed by atoms with Crippen LogP contribution in [0, 0.1) is 35.5 Å². The van der Waals surface area contributed by atoms with Gasteiger partial charge >= 0.3 is 5.97 Å². The van der Waals surface area contributed by atoms with Crippen molar-refractivity contribution in [1.82, 2.24) is 4.90 Å². The van der Waals surface area contributed by atoms with Crippen LogP contribution in [0.15, 0.2) is 47.6 Å². The molecule has 24 heteroatoms. The lowest BCUT2D eigenvalue weighted by atomic mass is 9.78. The van der Waals surface area contributed by atoms with E-state index in [2.05, 4.69) is 0 Å². The number of piperidine rings is 1. The number of ketones is 3. The zero-order valence-corrected chi connectivity index (χ0v) is 51.4. The molecule has 0 aromatic heterocycles. The van der Waals surface area contributed by atoms with Crippen molar-refractivity contribution in [3.05, 3.63) is 47.6 Å². The number of hydrogen-bond donors (Lipinski definition) is 9. The molecule has 2 bridgehead atoms. The van der Waals surface area contributed by atoms with Gasteiger partial charge in [-0.05, 0) is 107 Å². The van der Waals surface area contributed by atoms with Gasteiger partial charge in [0.05, 0.1) is 31.0 Å². The van der Waals surface area contributed by atoms with E-state index in [1.54, 1.807) is 40.9 Å². The minimum atomic E-state index is -2.51. The smallest absolute Gasteiger partial charge is 0.329 e. The first-order valence-electron chi connectivity index (χ1n) is 30.5. The molecule has 1 saturated carbocycles. The Balaban J connectivity index is 1.22. The highest BCUT2D eigenvalue weighted by Gasteiger charge is 2.55. The lowest BCUT2D eigenvalue weighted by Gasteiger charge is -2.46. The van der Waals surface area contributed by atoms with E-state index in [1.165, 1.54) is 14.2 Å². The van der Waals surface area contributed by atoms with Crippen molar-refractivity contribution in [3.63, 3.8) is 0 Å². The van der Waals surface area contributed by atoms with E-state index in [9.17, 15) is 69.9 Å². The number of rotatable bonds is 11. The fourth-order valence-electron chi connectivity index (χ4n) is 12.8. The molecule has 4 saturated heterocycles. The predicted octanol–water partition coefficient (Wildman–Crippen LogP) is 1.79. The number of aliphatic hydroxyl groups excluding tert-OH is 8. The highest BCUT2D eigenvalue weighted by molar-refractivity contribution is 6.39. The van der Waals surface area contributed by atoms with Crippen LogP contribution >= 0.6 is 0 Å². The van der Waals surface area contributed by atoms with Gasteiger partial charge in [-0.3, -0.25) is 19.2 Å². The Morgan fingerprint density at radius 2 is 1.43 bits per heavy atom. The normalized spacial score (nSPS) is 44.3. The number of amides is 1. The standard InChI is InChI=1S/C62H97NO23/c1-31-16-12-11-13-17-32(2)43(78-8)28-39-21-19-37(7)62(77,86-39)56(73)57(74)63-23-15-14-18-40(63)58(75)81-44(29-41(65)33(3)25-36(6)48(67)54(80-10)47(66)35(5)24-31)34(4)26-38-20-22-42(45(27-38)79-9)82-61-53(72)51(70)55(59(76)85-61)84-60-52(71)50(69)49(68)46(30-64)83-60/h11-13,16-17,25,31,33-35,37-40,42-46,48-55,59-61,64,67-72,76-77H,14-15,18-24,26-30H2,1-10H3/b13-11+,16-12+,32-17+,36-25+/t31-,33-,34-,35-,37-,38?,39+,40?,42-,43+,44+,45-,46-,48-,49-,50+,51-,52-,53-,54+,55+,59+,60?,61?,62-/m1/s1. The Labute approximate surface area is 504 Å². The fraction of sp³-hybridized carbons (Fsp3) is 0.790. The quantitative estimate of drug-likeness (QED) is 0.0809. The molecule has 6 rings (SSSR count). The first-order valence-corrected chi connectivity index (χ1v) is 30.5. The van der Waals surface area contributed by atoms with Gasteiger partial charge in [-0.1, -0.05) is 71.1 Å². The van der Waals surface area contributed by atoms with E-state index in [0.29, 0.717) is 63.4 Å². The maximum Gasteiger partial charge on any atom is 0.329 e. The molecule has 0 radical (unpaired) electrons. The molecule has 6 aliphatic rings. The summed E-state index contributed by atoms with van der Waals surface area (Å²) in [6, 6.07) is -1.26. The van der Waals surface area contributed by atoms with Gasteiger partial charge in [0.15, 0.2) is 24.7 Å². The molecular weight excluding hydrogens is 1130 g/mol. The minimum Gasteiger partial charge on any atom is -0.460 e. The number of allylic oxidation sites excluding steroid dienone is 6. The van der Waals surface area contributed by atoms with E-state index < -0.39 is 164 Å². The Hall–Kier alpha value is -3.77. The van der Waals surface area contributed by atoms with Crippen LogP contribution in [-0.2, 0) is 66.6 Å². The average Bonchev–Trinajstić information content (AvgIpc) is 1.18. The summed E-state index contributed by atoms with van der Waals surface area (Å²) in [7, 11) is 4.34. The SMILES string of the molecule is CO[C@H]1C[C@@H]2CC[C@@H](C)[C@@](O)(O2)C(=O)C(=O)N2CCCCC2C(=O)O[C@H]([C@H](C)CC2CC[C@@H](OC3O[C@H](O)[C@@H](OC4O[C@H](CO)[C@@H](O)[C@H](O)[C@H]4O)[C@H](O)[C@H]3O)[C@H](OC)C2)CC(=O)[C@H](C)/C=C(\C)[C@@H](O)[C@@H](OC)C(=O)[C@H](C)C[C@H](C)/C=C/C=C/C=C/1C. The van der Waals surface area contributed by atoms with Crippen molar-refractivity contribution in [1.29, 1.82) is 0 Å². The lowest BCUT2D eigenvalue weighted by Crippen LogP contribution is -2.64. The van der Waals surface area contributed by atoms with E-state index in [1.807, 2.05) is 51.2 Å². The number of hydrogen-bond acceptors (Lipinski definition) is 23. The number of fused-ring (bicyclic) bond motifs is 3. The molecule has 0 aromatic rings. The van der Waals surface area contributed by atoms with Crippen LogP contribution in [-0.4, -0.2) is 231 Å². The van der Waals surface area contributed by atoms with E-state index in [0.717, 1.165) is 10.5 Å². The molecule has 5 fully saturated rings. The molecular formula is C62H97NO23. The summed E-state index contributed by atoms with van der Waals surface area (Å²) in [6.45, 7) is 11.6. The highest BCUT2D eigenvalue weighted by atomic mass is 16.8. The van der Waals surface area contributed by atoms with Crippen molar-refractivity contribution < 1.29 is 113 Å². The summed E-state index contributed by atoms with van der Waals surface area (Å²) >= 11 is 0. The third kappa shape index (κ3) is 17.4. The topological polar surface area (TPSA) is 354 Å². The molecule has 4 unspecified atom stereocenters. The summed E-state index contributed by atoms with van der Waals surface area (Å²) in [6.07, 6.45) is -9.11. The maximum atomic E-state index is 14.7. The molecule has 24 nitrogen and oxygen atoms in total. The predicted molar refractivity (Wildman–Crippen MR) is 306 cm³/mol. The molecule has 5 aliphatic heterocycles. The largest absolute Gasteiger partial charge is 0.460 e. The van der Waals surface area contributed by atoms with Gasteiger partial charge in [0.2, 0.25) is 5.79 Å². The number of carbonyl (C=O) groups excluding carboxylic acids is 5. The van der Waals surface area contributed by atoms with Crippen LogP contribution in [0.1, 0.15) is 126 Å². The van der Waals surface area contributed by atoms with E-state index in [4.69, 9.17) is 42.6 Å². The zero-order chi connectivity index (χ0) is 63.5. The van der Waals surface area contributed by atoms with Crippen molar-refractivity contribution in [2.45, 2.75) is 242 Å². The summed E-state index contributed by atoms with van der Waals surface area (Å²) in [5.41, 5.74) is 1.15. The van der Waals surface area contributed by atoms with E-state index in [-0.39, 0.29) is 49.2 Å². The number of methoxy groups -OCH3 is 3. The monoisotopic (exact) mass is 1220 g/mol. The van der Waals surface area contributed by atoms with Crippen LogP contribution in [0.5, 0.6) is 0 Å². The average molecular weight is 1220 g/mol. The Bertz CT molecular complexity index is 2380. The zero-order valence-electron chi connectivity index (χ0n) is 51.4. The third-order valence-corrected chi connectivity index (χ3v) is 18.4. The van der Waals surface area contributed by atoms with Gasteiger partial charge in [-0.25, -0.2) is 4.79 Å². The Kier molecular flexibility index (Phi) is 26.8. The number of Topliss-reactive ketones (excluding diaryl/α,β-unsaturated/α-hetero) is 3. The molecule has 1 amide bonds.